The van der Waals surface area contributed by atoms with Crippen LogP contribution in [0, 0.1) is 6.92 Å². The molecule has 1 aliphatic carbocycles. The number of aromatic nitrogens is 2. The molecule has 1 aromatic heterocycles. The summed E-state index contributed by atoms with van der Waals surface area (Å²) in [6, 6.07) is 0.415. The summed E-state index contributed by atoms with van der Waals surface area (Å²) < 4.78 is 2.07. The van der Waals surface area contributed by atoms with E-state index in [9.17, 15) is 5.11 Å². The molecule has 0 fully saturated rings. The summed E-state index contributed by atoms with van der Waals surface area (Å²) in [6.07, 6.45) is 2.42. The zero-order valence-corrected chi connectivity index (χ0v) is 9.12. The normalized spacial score (nSPS) is 21.4. The average molecular weight is 194 g/mol. The largest absolute Gasteiger partial charge is 0.393 e. The molecule has 0 saturated carbocycles. The lowest BCUT2D eigenvalue weighted by Gasteiger charge is -2.15. The van der Waals surface area contributed by atoms with Crippen LogP contribution in [0.25, 0.3) is 0 Å². The number of hydrogen-bond donors (Lipinski definition) is 1. The Bertz CT molecular complexity index is 341. The Hall–Kier alpha value is -0.830. The molecule has 0 radical (unpaired) electrons. The van der Waals surface area contributed by atoms with Gasteiger partial charge in [-0.15, -0.1) is 0 Å². The molecule has 0 aromatic carbocycles. The van der Waals surface area contributed by atoms with Crippen LogP contribution < -0.4 is 0 Å². The Morgan fingerprint density at radius 1 is 1.50 bits per heavy atom. The molecule has 1 aliphatic rings. The van der Waals surface area contributed by atoms with Gasteiger partial charge in [0, 0.05) is 18.2 Å². The molecular formula is C11H18N2O. The van der Waals surface area contributed by atoms with Crippen LogP contribution in [-0.2, 0) is 12.8 Å². The summed E-state index contributed by atoms with van der Waals surface area (Å²) in [6.45, 7) is 6.41. The van der Waals surface area contributed by atoms with Crippen molar-refractivity contribution in [3.05, 3.63) is 17.0 Å². The molecule has 14 heavy (non-hydrogen) atoms. The molecule has 1 atom stereocenters. The summed E-state index contributed by atoms with van der Waals surface area (Å²) in [4.78, 5) is 0. The lowest BCUT2D eigenvalue weighted by atomic mass is 9.94. The maximum Gasteiger partial charge on any atom is 0.0685 e. The molecule has 78 valence electrons. The van der Waals surface area contributed by atoms with E-state index in [-0.39, 0.29) is 6.10 Å². The van der Waals surface area contributed by atoms with Crippen molar-refractivity contribution in [1.29, 1.82) is 0 Å². The third-order valence-electron chi connectivity index (χ3n) is 3.00. The highest BCUT2D eigenvalue weighted by atomic mass is 16.3. The van der Waals surface area contributed by atoms with Gasteiger partial charge in [-0.25, -0.2) is 0 Å². The summed E-state index contributed by atoms with van der Waals surface area (Å²) in [5, 5.41) is 14.1. The van der Waals surface area contributed by atoms with Gasteiger partial charge in [0.15, 0.2) is 0 Å². The Morgan fingerprint density at radius 3 is 2.86 bits per heavy atom. The fourth-order valence-electron chi connectivity index (χ4n) is 2.24. The maximum absolute atomic E-state index is 9.55. The van der Waals surface area contributed by atoms with E-state index in [1.807, 2.05) is 0 Å². The van der Waals surface area contributed by atoms with E-state index in [1.54, 1.807) is 0 Å². The molecule has 0 saturated heterocycles. The Labute approximate surface area is 84.7 Å². The number of hydrogen-bond acceptors (Lipinski definition) is 2. The molecule has 0 spiro atoms. The highest BCUT2D eigenvalue weighted by molar-refractivity contribution is 5.28. The first-order valence-electron chi connectivity index (χ1n) is 5.34. The molecule has 2 rings (SSSR count). The van der Waals surface area contributed by atoms with E-state index < -0.39 is 0 Å². The molecule has 3 heteroatoms. The molecule has 1 N–H and O–H groups in total. The predicted octanol–water partition coefficient (Wildman–Crippen LogP) is 1.62. The summed E-state index contributed by atoms with van der Waals surface area (Å²) >= 11 is 0. The van der Waals surface area contributed by atoms with Gasteiger partial charge in [0.1, 0.15) is 0 Å². The highest BCUT2D eigenvalue weighted by Gasteiger charge is 2.23. The minimum absolute atomic E-state index is 0.183. The molecule has 1 aromatic rings. The summed E-state index contributed by atoms with van der Waals surface area (Å²) in [5.41, 5.74) is 3.75. The standard InChI is InChI=1S/C11H18N2O/c1-7(2)13-8(3)10-5-4-9(14)6-11(10)12-13/h7,9,14H,4-6H2,1-3H3. The second-order valence-corrected chi connectivity index (χ2v) is 4.45. The molecular weight excluding hydrogens is 176 g/mol. The minimum atomic E-state index is -0.183. The maximum atomic E-state index is 9.55. The van der Waals surface area contributed by atoms with Crippen molar-refractivity contribution < 1.29 is 5.11 Å². The van der Waals surface area contributed by atoms with Crippen LogP contribution in [0.4, 0.5) is 0 Å². The Kier molecular flexibility index (Phi) is 2.35. The van der Waals surface area contributed by atoms with E-state index in [4.69, 9.17) is 0 Å². The first-order chi connectivity index (χ1) is 6.59. The van der Waals surface area contributed by atoms with E-state index >= 15 is 0 Å². The number of fused-ring (bicyclic) bond motifs is 1. The van der Waals surface area contributed by atoms with Gasteiger partial charge in [0.25, 0.3) is 0 Å². The summed E-state index contributed by atoms with van der Waals surface area (Å²) in [7, 11) is 0. The molecule has 0 aliphatic heterocycles. The number of rotatable bonds is 1. The fraction of sp³-hybridized carbons (Fsp3) is 0.727. The van der Waals surface area contributed by atoms with Crippen LogP contribution in [0.15, 0.2) is 0 Å². The van der Waals surface area contributed by atoms with Gasteiger partial charge in [0.2, 0.25) is 0 Å². The third-order valence-corrected chi connectivity index (χ3v) is 3.00. The predicted molar refractivity (Wildman–Crippen MR) is 55.4 cm³/mol. The topological polar surface area (TPSA) is 38.0 Å². The van der Waals surface area contributed by atoms with Crippen molar-refractivity contribution in [2.24, 2.45) is 0 Å². The van der Waals surface area contributed by atoms with Crippen LogP contribution in [0.5, 0.6) is 0 Å². The lowest BCUT2D eigenvalue weighted by Crippen LogP contribution is -2.18. The highest BCUT2D eigenvalue weighted by Crippen LogP contribution is 2.25. The second kappa shape index (κ2) is 3.39. The first-order valence-corrected chi connectivity index (χ1v) is 5.34. The molecule has 3 nitrogen and oxygen atoms in total. The minimum Gasteiger partial charge on any atom is -0.393 e. The third kappa shape index (κ3) is 1.46. The van der Waals surface area contributed by atoms with E-state index in [2.05, 4.69) is 30.6 Å². The molecule has 1 heterocycles. The number of aliphatic hydroxyl groups excluding tert-OH is 1. The van der Waals surface area contributed by atoms with Crippen molar-refractivity contribution >= 4 is 0 Å². The smallest absolute Gasteiger partial charge is 0.0685 e. The van der Waals surface area contributed by atoms with Crippen molar-refractivity contribution in [3.8, 4) is 0 Å². The van der Waals surface area contributed by atoms with Gasteiger partial charge in [-0.1, -0.05) is 0 Å². The first kappa shape index (κ1) is 9.71. The number of aliphatic hydroxyl groups is 1. The van der Waals surface area contributed by atoms with Crippen LogP contribution in [0.2, 0.25) is 0 Å². The van der Waals surface area contributed by atoms with Crippen LogP contribution in [-0.4, -0.2) is 21.0 Å². The van der Waals surface area contributed by atoms with Gasteiger partial charge in [-0.3, -0.25) is 4.68 Å². The average Bonchev–Trinajstić information content (AvgIpc) is 2.43. The Morgan fingerprint density at radius 2 is 2.21 bits per heavy atom. The van der Waals surface area contributed by atoms with E-state index in [1.165, 1.54) is 11.3 Å². The van der Waals surface area contributed by atoms with Gasteiger partial charge in [0.05, 0.1) is 11.8 Å². The quantitative estimate of drug-likeness (QED) is 0.737. The van der Waals surface area contributed by atoms with E-state index in [0.717, 1.165) is 25.0 Å². The molecule has 0 amide bonds. The van der Waals surface area contributed by atoms with Gasteiger partial charge in [-0.2, -0.15) is 5.10 Å². The van der Waals surface area contributed by atoms with Crippen LogP contribution >= 0.6 is 0 Å². The van der Waals surface area contributed by atoms with Gasteiger partial charge in [-0.05, 0) is 39.2 Å². The van der Waals surface area contributed by atoms with Gasteiger partial charge >= 0.3 is 0 Å². The number of nitrogens with zero attached hydrogens (tertiary/aromatic N) is 2. The Balaban J connectivity index is 2.40. The van der Waals surface area contributed by atoms with Crippen molar-refractivity contribution in [2.45, 2.75) is 52.2 Å². The zero-order valence-electron chi connectivity index (χ0n) is 9.12. The van der Waals surface area contributed by atoms with Crippen LogP contribution in [0.3, 0.4) is 0 Å². The fourth-order valence-corrected chi connectivity index (χ4v) is 2.24. The second-order valence-electron chi connectivity index (χ2n) is 4.45. The van der Waals surface area contributed by atoms with Gasteiger partial charge < -0.3 is 5.11 Å². The lowest BCUT2D eigenvalue weighted by molar-refractivity contribution is 0.157. The van der Waals surface area contributed by atoms with Crippen molar-refractivity contribution in [2.75, 3.05) is 0 Å². The monoisotopic (exact) mass is 194 g/mol. The molecule has 1 unspecified atom stereocenters. The van der Waals surface area contributed by atoms with E-state index in [0.29, 0.717) is 6.04 Å². The summed E-state index contributed by atoms with van der Waals surface area (Å²) in [5.74, 6) is 0. The molecule has 0 bridgehead atoms. The van der Waals surface area contributed by atoms with Crippen molar-refractivity contribution in [3.63, 3.8) is 0 Å². The van der Waals surface area contributed by atoms with Crippen molar-refractivity contribution in [1.82, 2.24) is 9.78 Å². The SMILES string of the molecule is Cc1c2c(nn1C(C)C)CC(O)CC2. The zero-order chi connectivity index (χ0) is 10.3. The van der Waals surface area contributed by atoms with Crippen LogP contribution in [0.1, 0.15) is 43.3 Å².